The number of aromatic carboxylic acids is 1. The molecule has 0 bridgehead atoms. The number of hydrogen-bond acceptors (Lipinski definition) is 3. The van der Waals surface area contributed by atoms with Gasteiger partial charge in [0.15, 0.2) is 0 Å². The summed E-state index contributed by atoms with van der Waals surface area (Å²) in [6, 6.07) is 13.2. The Kier molecular flexibility index (Phi) is 5.65. The van der Waals surface area contributed by atoms with E-state index < -0.39 is 5.97 Å². The molecule has 0 heterocycles. The first-order chi connectivity index (χ1) is 12.0. The lowest BCUT2D eigenvalue weighted by atomic mass is 9.80. The molecule has 0 fully saturated rings. The summed E-state index contributed by atoms with van der Waals surface area (Å²) >= 11 is 0. The molecule has 0 aromatic heterocycles. The number of carboxylic acid groups (broad SMARTS) is 1. The smallest absolute Gasteiger partial charge is 0.335 e. The largest absolute Gasteiger partial charge is 0.478 e. The van der Waals surface area contributed by atoms with E-state index in [0.717, 1.165) is 11.3 Å². The Labute approximate surface area is 156 Å². The van der Waals surface area contributed by atoms with E-state index in [1.807, 2.05) is 0 Å². The molecule has 2 aromatic rings. The Balaban J connectivity index is 2.24. The van der Waals surface area contributed by atoms with Crippen LogP contribution < -0.4 is 0 Å². The zero-order chi connectivity index (χ0) is 19.5. The molecule has 0 amide bonds. The van der Waals surface area contributed by atoms with Crippen LogP contribution in [0.15, 0.2) is 52.7 Å². The van der Waals surface area contributed by atoms with Gasteiger partial charge in [0.25, 0.3) is 0 Å². The van der Waals surface area contributed by atoms with E-state index in [2.05, 4.69) is 70.0 Å². The van der Waals surface area contributed by atoms with Gasteiger partial charge in [0.1, 0.15) is 0 Å². The third-order valence-corrected chi connectivity index (χ3v) is 4.29. The van der Waals surface area contributed by atoms with Crippen LogP contribution in [0.1, 0.15) is 68.6 Å². The topological polar surface area (TPSA) is 62.0 Å². The predicted molar refractivity (Wildman–Crippen MR) is 105 cm³/mol. The number of benzene rings is 2. The molecule has 0 aliphatic heterocycles. The quantitative estimate of drug-likeness (QED) is 0.660. The van der Waals surface area contributed by atoms with Crippen molar-refractivity contribution in [2.75, 3.05) is 0 Å². The Bertz CT molecular complexity index is 775. The van der Waals surface area contributed by atoms with Crippen LogP contribution in [0.2, 0.25) is 0 Å². The predicted octanol–water partition coefficient (Wildman–Crippen LogP) is 6.26. The van der Waals surface area contributed by atoms with Crippen LogP contribution in [0.3, 0.4) is 0 Å². The molecule has 0 saturated carbocycles. The third-order valence-electron chi connectivity index (χ3n) is 4.29. The Hall–Kier alpha value is -2.49. The number of rotatable bonds is 4. The van der Waals surface area contributed by atoms with Gasteiger partial charge in [-0.25, -0.2) is 4.79 Å². The number of nitrogens with zero attached hydrogens (tertiary/aromatic N) is 2. The minimum absolute atomic E-state index is 0.0399. The molecule has 2 rings (SSSR count). The number of azo groups is 1. The molecule has 0 saturated heterocycles. The van der Waals surface area contributed by atoms with Crippen LogP contribution in [0.4, 0.5) is 5.69 Å². The average molecular weight is 352 g/mol. The van der Waals surface area contributed by atoms with Gasteiger partial charge in [-0.05, 0) is 51.8 Å². The fraction of sp³-hybridized carbons (Fsp3) is 0.409. The highest BCUT2D eigenvalue weighted by Gasteiger charge is 2.20. The van der Waals surface area contributed by atoms with E-state index in [1.54, 1.807) is 24.3 Å². The maximum absolute atomic E-state index is 10.9. The van der Waals surface area contributed by atoms with Gasteiger partial charge in [0.05, 0.1) is 17.8 Å². The van der Waals surface area contributed by atoms with Crippen molar-refractivity contribution < 1.29 is 9.90 Å². The summed E-state index contributed by atoms with van der Waals surface area (Å²) in [5.74, 6) is -0.924. The van der Waals surface area contributed by atoms with Crippen molar-refractivity contribution in [1.82, 2.24) is 0 Å². The van der Waals surface area contributed by atoms with Crippen LogP contribution in [0.5, 0.6) is 0 Å². The Morgan fingerprint density at radius 2 is 1.38 bits per heavy atom. The summed E-state index contributed by atoms with van der Waals surface area (Å²) in [6.45, 7) is 13.6. The van der Waals surface area contributed by atoms with Gasteiger partial charge in [-0.3, -0.25) is 0 Å². The van der Waals surface area contributed by atoms with Crippen molar-refractivity contribution in [1.29, 1.82) is 0 Å². The van der Waals surface area contributed by atoms with Gasteiger partial charge in [-0.15, -0.1) is 0 Å². The van der Waals surface area contributed by atoms with Crippen molar-refractivity contribution in [3.05, 3.63) is 64.7 Å². The second kappa shape index (κ2) is 7.40. The lowest BCUT2D eigenvalue weighted by Gasteiger charge is -2.25. The maximum Gasteiger partial charge on any atom is 0.335 e. The highest BCUT2D eigenvalue weighted by Crippen LogP contribution is 2.33. The molecule has 0 unspecified atom stereocenters. The molecule has 138 valence electrons. The van der Waals surface area contributed by atoms with Gasteiger partial charge >= 0.3 is 5.97 Å². The first-order valence-corrected chi connectivity index (χ1v) is 8.82. The first-order valence-electron chi connectivity index (χ1n) is 8.82. The lowest BCUT2D eigenvalue weighted by Crippen LogP contribution is -2.16. The van der Waals surface area contributed by atoms with Crippen LogP contribution in [0.25, 0.3) is 0 Å². The molecule has 4 nitrogen and oxygen atoms in total. The number of carboxylic acids is 1. The standard InChI is InChI=1S/C22H28N2O2/c1-21(2,3)17-11-18(22(4,5)6)13-19(12-17)24-23-14-15-7-9-16(10-8-15)20(25)26/h7-13H,14H2,1-6H3,(H,25,26). The highest BCUT2D eigenvalue weighted by molar-refractivity contribution is 5.87. The van der Waals surface area contributed by atoms with E-state index in [-0.39, 0.29) is 16.4 Å². The van der Waals surface area contributed by atoms with Gasteiger partial charge in [0.2, 0.25) is 0 Å². The normalized spacial score (nSPS) is 12.5. The molecule has 2 aromatic carbocycles. The maximum atomic E-state index is 10.9. The van der Waals surface area contributed by atoms with Crippen LogP contribution >= 0.6 is 0 Å². The van der Waals surface area contributed by atoms with Crippen LogP contribution in [-0.4, -0.2) is 11.1 Å². The first kappa shape index (κ1) is 19.8. The average Bonchev–Trinajstić information content (AvgIpc) is 2.53. The van der Waals surface area contributed by atoms with Gasteiger partial charge in [-0.2, -0.15) is 10.2 Å². The van der Waals surface area contributed by atoms with Crippen molar-refractivity contribution in [3.8, 4) is 0 Å². The summed E-state index contributed by atoms with van der Waals surface area (Å²) < 4.78 is 0. The van der Waals surface area contributed by atoms with Crippen molar-refractivity contribution in [2.24, 2.45) is 10.2 Å². The van der Waals surface area contributed by atoms with Crippen LogP contribution in [-0.2, 0) is 17.4 Å². The molecule has 0 aliphatic rings. The SMILES string of the molecule is CC(C)(C)c1cc(N=NCc2ccc(C(=O)O)cc2)cc(C(C)(C)C)c1. The summed E-state index contributed by atoms with van der Waals surface area (Å²) in [5, 5.41) is 17.7. The molecule has 0 spiro atoms. The monoisotopic (exact) mass is 352 g/mol. The summed E-state index contributed by atoms with van der Waals surface area (Å²) in [7, 11) is 0. The van der Waals surface area contributed by atoms with E-state index in [4.69, 9.17) is 5.11 Å². The summed E-state index contributed by atoms with van der Waals surface area (Å²) in [6.07, 6.45) is 0. The third kappa shape index (κ3) is 5.25. The fourth-order valence-corrected chi connectivity index (χ4v) is 2.49. The van der Waals surface area contributed by atoms with Crippen molar-refractivity contribution >= 4 is 11.7 Å². The van der Waals surface area contributed by atoms with E-state index in [0.29, 0.717) is 6.54 Å². The lowest BCUT2D eigenvalue weighted by molar-refractivity contribution is 0.0697. The fourth-order valence-electron chi connectivity index (χ4n) is 2.49. The molecular formula is C22H28N2O2. The minimum atomic E-state index is -0.924. The molecular weight excluding hydrogens is 324 g/mol. The Morgan fingerprint density at radius 1 is 0.885 bits per heavy atom. The number of hydrogen-bond donors (Lipinski definition) is 1. The summed E-state index contributed by atoms with van der Waals surface area (Å²) in [5.41, 5.74) is 4.62. The zero-order valence-electron chi connectivity index (χ0n) is 16.5. The van der Waals surface area contributed by atoms with Crippen LogP contribution in [0, 0.1) is 0 Å². The molecule has 1 N–H and O–H groups in total. The second-order valence-electron chi connectivity index (χ2n) is 8.67. The van der Waals surface area contributed by atoms with E-state index in [9.17, 15) is 4.79 Å². The van der Waals surface area contributed by atoms with Crippen molar-refractivity contribution in [3.63, 3.8) is 0 Å². The van der Waals surface area contributed by atoms with Crippen molar-refractivity contribution in [2.45, 2.75) is 58.9 Å². The molecule has 26 heavy (non-hydrogen) atoms. The zero-order valence-corrected chi connectivity index (χ0v) is 16.5. The highest BCUT2D eigenvalue weighted by atomic mass is 16.4. The van der Waals surface area contributed by atoms with Gasteiger partial charge in [0, 0.05) is 0 Å². The molecule has 4 heteroatoms. The summed E-state index contributed by atoms with van der Waals surface area (Å²) in [4.78, 5) is 10.9. The van der Waals surface area contributed by atoms with E-state index in [1.165, 1.54) is 11.1 Å². The molecule has 0 radical (unpaired) electrons. The Morgan fingerprint density at radius 3 is 1.81 bits per heavy atom. The van der Waals surface area contributed by atoms with Gasteiger partial charge in [-0.1, -0.05) is 59.7 Å². The van der Waals surface area contributed by atoms with Gasteiger partial charge < -0.3 is 5.11 Å². The van der Waals surface area contributed by atoms with E-state index >= 15 is 0 Å². The molecule has 0 atom stereocenters. The number of carbonyl (C=O) groups is 1. The minimum Gasteiger partial charge on any atom is -0.478 e. The molecule has 0 aliphatic carbocycles. The second-order valence-corrected chi connectivity index (χ2v) is 8.67.